The molecule has 3 rings (SSSR count). The first kappa shape index (κ1) is 17.7. The van der Waals surface area contributed by atoms with Crippen molar-refractivity contribution in [2.75, 3.05) is 13.7 Å². The van der Waals surface area contributed by atoms with Gasteiger partial charge in [-0.15, -0.1) is 0 Å². The number of ether oxygens (including phenoxy) is 4. The van der Waals surface area contributed by atoms with Crippen LogP contribution in [0.5, 0.6) is 11.5 Å². The molecule has 0 spiro atoms. The van der Waals surface area contributed by atoms with Crippen molar-refractivity contribution in [3.63, 3.8) is 0 Å². The van der Waals surface area contributed by atoms with E-state index in [-0.39, 0.29) is 11.3 Å². The zero-order valence-electron chi connectivity index (χ0n) is 14.2. The van der Waals surface area contributed by atoms with E-state index in [1.165, 1.54) is 6.42 Å². The summed E-state index contributed by atoms with van der Waals surface area (Å²) in [6.07, 6.45) is 3.46. The molecule has 0 N–H and O–H groups in total. The first-order valence-corrected chi connectivity index (χ1v) is 8.84. The number of hydrogen-bond donors (Lipinski definition) is 0. The van der Waals surface area contributed by atoms with Gasteiger partial charge in [0.2, 0.25) is 0 Å². The Balaban J connectivity index is 1.64. The Bertz CT molecular complexity index is 668. The molecule has 0 radical (unpaired) electrons. The third-order valence-corrected chi connectivity index (χ3v) is 4.39. The first-order chi connectivity index (χ1) is 12.2. The average molecular weight is 358 g/mol. The lowest BCUT2D eigenvalue weighted by Gasteiger charge is -2.28. The summed E-state index contributed by atoms with van der Waals surface area (Å²) in [5.41, 5.74) is 0.971. The van der Waals surface area contributed by atoms with Gasteiger partial charge in [-0.1, -0.05) is 30.3 Å². The van der Waals surface area contributed by atoms with Gasteiger partial charge in [0.05, 0.1) is 19.8 Å². The molecule has 1 saturated carbocycles. The minimum Gasteiger partial charge on any atom is -0.497 e. The fourth-order valence-corrected chi connectivity index (χ4v) is 2.72. The van der Waals surface area contributed by atoms with Crippen molar-refractivity contribution in [3.05, 3.63) is 60.2 Å². The second-order valence-corrected chi connectivity index (χ2v) is 6.26. The van der Waals surface area contributed by atoms with Gasteiger partial charge in [-0.05, 0) is 49.1 Å². The highest BCUT2D eigenvalue weighted by Crippen LogP contribution is 2.27. The van der Waals surface area contributed by atoms with Crippen molar-refractivity contribution in [1.82, 2.24) is 0 Å². The Kier molecular flexibility index (Phi) is 6.25. The van der Waals surface area contributed by atoms with Crippen LogP contribution in [0.4, 0.5) is 0 Å². The fourth-order valence-electron chi connectivity index (χ4n) is 2.50. The van der Waals surface area contributed by atoms with Gasteiger partial charge >= 0.3 is 5.24 Å². The van der Waals surface area contributed by atoms with Crippen LogP contribution in [-0.4, -0.2) is 25.1 Å². The maximum atomic E-state index is 5.93. The van der Waals surface area contributed by atoms with E-state index in [1.807, 2.05) is 54.6 Å². The van der Waals surface area contributed by atoms with Gasteiger partial charge in [-0.2, -0.15) is 0 Å². The van der Waals surface area contributed by atoms with Gasteiger partial charge in [0.15, 0.2) is 6.10 Å². The van der Waals surface area contributed by atoms with Crippen LogP contribution in [0.2, 0.25) is 0 Å². The number of para-hydroxylation sites is 1. The summed E-state index contributed by atoms with van der Waals surface area (Å²) in [5.74, 6) is 1.45. The number of thiocarbonyl (C=S) groups is 1. The molecule has 4 nitrogen and oxygen atoms in total. The molecule has 132 valence electrons. The zero-order valence-corrected chi connectivity index (χ0v) is 15.0. The average Bonchev–Trinajstić information content (AvgIpc) is 2.60. The van der Waals surface area contributed by atoms with Crippen LogP contribution < -0.4 is 9.47 Å². The second kappa shape index (κ2) is 8.83. The van der Waals surface area contributed by atoms with E-state index in [4.69, 9.17) is 31.2 Å². The Morgan fingerprint density at radius 3 is 2.36 bits per heavy atom. The lowest BCUT2D eigenvalue weighted by atomic mass is 9.96. The van der Waals surface area contributed by atoms with Gasteiger partial charge in [0.1, 0.15) is 11.5 Å². The molecule has 1 unspecified atom stereocenters. The summed E-state index contributed by atoms with van der Waals surface area (Å²) >= 11 is 5.26. The molecule has 1 aliphatic carbocycles. The molecule has 1 fully saturated rings. The molecular formula is C20H22O4S. The molecule has 0 bridgehead atoms. The quantitative estimate of drug-likeness (QED) is 0.672. The normalized spacial score (nSPS) is 15.1. The third-order valence-electron chi connectivity index (χ3n) is 4.21. The third kappa shape index (κ3) is 5.18. The highest BCUT2D eigenvalue weighted by Gasteiger charge is 2.23. The van der Waals surface area contributed by atoms with E-state index in [0.717, 1.165) is 24.2 Å². The molecule has 2 aromatic carbocycles. The van der Waals surface area contributed by atoms with Gasteiger partial charge < -0.3 is 18.9 Å². The number of benzene rings is 2. The topological polar surface area (TPSA) is 36.9 Å². The van der Waals surface area contributed by atoms with E-state index in [1.54, 1.807) is 7.11 Å². The highest BCUT2D eigenvalue weighted by molar-refractivity contribution is 7.79. The predicted molar refractivity (Wildman–Crippen MR) is 100 cm³/mol. The van der Waals surface area contributed by atoms with E-state index in [9.17, 15) is 0 Å². The summed E-state index contributed by atoms with van der Waals surface area (Å²) in [4.78, 5) is 0. The Hall–Kier alpha value is -2.11. The summed E-state index contributed by atoms with van der Waals surface area (Å²) in [7, 11) is 1.64. The van der Waals surface area contributed by atoms with Gasteiger partial charge in [-0.25, -0.2) is 0 Å². The molecule has 1 atom stereocenters. The molecule has 1 aliphatic rings. The Labute approximate surface area is 153 Å². The number of methoxy groups -OCH3 is 1. The summed E-state index contributed by atoms with van der Waals surface area (Å²) < 4.78 is 22.6. The number of hydrogen-bond acceptors (Lipinski definition) is 5. The molecule has 5 heteroatoms. The standard InChI is InChI=1S/C20H22O4S/c1-21-16-12-10-15(11-13-16)19(14-22-17-8-5-9-17)24-20(25)23-18-6-3-2-4-7-18/h2-4,6-7,10-13,17,19H,5,8-9,14H2,1H3. The largest absolute Gasteiger partial charge is 0.497 e. The summed E-state index contributed by atoms with van der Waals surface area (Å²) in [6.45, 7) is 0.440. The minimum absolute atomic E-state index is 0.0872. The summed E-state index contributed by atoms with van der Waals surface area (Å²) in [5, 5.41) is 0.0872. The zero-order chi connectivity index (χ0) is 17.5. The maximum absolute atomic E-state index is 5.93. The van der Waals surface area contributed by atoms with Crippen LogP contribution in [0.1, 0.15) is 30.9 Å². The molecule has 0 aromatic heterocycles. The fraction of sp³-hybridized carbons (Fsp3) is 0.350. The SMILES string of the molecule is COc1ccc(C(COC2CCC2)OC(=S)Oc2ccccc2)cc1. The molecule has 0 heterocycles. The van der Waals surface area contributed by atoms with Crippen LogP contribution in [0.25, 0.3) is 0 Å². The second-order valence-electron chi connectivity index (χ2n) is 5.93. The molecule has 0 amide bonds. The predicted octanol–water partition coefficient (Wildman–Crippen LogP) is 4.69. The monoisotopic (exact) mass is 358 g/mol. The maximum Gasteiger partial charge on any atom is 0.358 e. The van der Waals surface area contributed by atoms with E-state index >= 15 is 0 Å². The van der Waals surface area contributed by atoms with Crippen molar-refractivity contribution in [3.8, 4) is 11.5 Å². The Morgan fingerprint density at radius 1 is 1.04 bits per heavy atom. The first-order valence-electron chi connectivity index (χ1n) is 8.43. The molecular weight excluding hydrogens is 336 g/mol. The van der Waals surface area contributed by atoms with Gasteiger partial charge in [0, 0.05) is 12.2 Å². The molecule has 2 aromatic rings. The Morgan fingerprint density at radius 2 is 1.76 bits per heavy atom. The lowest BCUT2D eigenvalue weighted by molar-refractivity contribution is -0.0419. The molecule has 25 heavy (non-hydrogen) atoms. The van der Waals surface area contributed by atoms with E-state index in [2.05, 4.69) is 0 Å². The smallest absolute Gasteiger partial charge is 0.358 e. The number of rotatable bonds is 7. The van der Waals surface area contributed by atoms with Crippen molar-refractivity contribution >= 4 is 17.5 Å². The van der Waals surface area contributed by atoms with Crippen LogP contribution in [0.15, 0.2) is 54.6 Å². The van der Waals surface area contributed by atoms with Gasteiger partial charge in [-0.3, -0.25) is 0 Å². The van der Waals surface area contributed by atoms with Crippen molar-refractivity contribution < 1.29 is 18.9 Å². The lowest BCUT2D eigenvalue weighted by Crippen LogP contribution is -2.26. The van der Waals surface area contributed by atoms with Crippen molar-refractivity contribution in [2.24, 2.45) is 0 Å². The van der Waals surface area contributed by atoms with Crippen molar-refractivity contribution in [2.45, 2.75) is 31.5 Å². The van der Waals surface area contributed by atoms with E-state index in [0.29, 0.717) is 18.5 Å². The van der Waals surface area contributed by atoms with Crippen molar-refractivity contribution in [1.29, 1.82) is 0 Å². The van der Waals surface area contributed by atoms with Crippen LogP contribution >= 0.6 is 12.2 Å². The highest BCUT2D eigenvalue weighted by atomic mass is 32.1. The van der Waals surface area contributed by atoms with Crippen LogP contribution in [0, 0.1) is 0 Å². The van der Waals surface area contributed by atoms with E-state index < -0.39 is 0 Å². The summed E-state index contributed by atoms with van der Waals surface area (Å²) in [6, 6.07) is 17.1. The molecule has 0 saturated heterocycles. The van der Waals surface area contributed by atoms with Crippen LogP contribution in [0.3, 0.4) is 0 Å². The molecule has 0 aliphatic heterocycles. The van der Waals surface area contributed by atoms with Gasteiger partial charge in [0.25, 0.3) is 0 Å². The van der Waals surface area contributed by atoms with Crippen LogP contribution in [-0.2, 0) is 9.47 Å². The minimum atomic E-state index is -0.317.